The number of nitrogens with zero attached hydrogens (tertiary/aromatic N) is 1. The summed E-state index contributed by atoms with van der Waals surface area (Å²) in [7, 11) is 0. The predicted octanol–water partition coefficient (Wildman–Crippen LogP) is 2.50. The van der Waals surface area contributed by atoms with Gasteiger partial charge in [0.1, 0.15) is 11.8 Å². The molecule has 0 saturated carbocycles. The lowest BCUT2D eigenvalue weighted by atomic mass is 10.1. The van der Waals surface area contributed by atoms with Gasteiger partial charge in [-0.1, -0.05) is 17.7 Å². The number of rotatable bonds is 4. The van der Waals surface area contributed by atoms with Crippen LogP contribution in [0.1, 0.15) is 12.5 Å². The third-order valence-electron chi connectivity index (χ3n) is 3.85. The summed E-state index contributed by atoms with van der Waals surface area (Å²) in [6, 6.07) is 10.9. The second-order valence-corrected chi connectivity index (χ2v) is 5.80. The van der Waals surface area contributed by atoms with Crippen LogP contribution in [0.4, 0.5) is 5.69 Å². The van der Waals surface area contributed by atoms with E-state index in [-0.39, 0.29) is 18.1 Å². The third-order valence-corrected chi connectivity index (χ3v) is 3.85. The number of carbonyl (C=O) groups is 1. The van der Waals surface area contributed by atoms with Crippen molar-refractivity contribution in [2.24, 2.45) is 0 Å². The van der Waals surface area contributed by atoms with Crippen LogP contribution < -0.4 is 15.4 Å². The van der Waals surface area contributed by atoms with Gasteiger partial charge in [-0.25, -0.2) is 4.98 Å². The van der Waals surface area contributed by atoms with Crippen LogP contribution in [0.3, 0.4) is 0 Å². The highest BCUT2D eigenvalue weighted by molar-refractivity contribution is 5.95. The summed E-state index contributed by atoms with van der Waals surface area (Å²) >= 11 is 0. The first-order chi connectivity index (χ1) is 11.6. The molecule has 1 aliphatic heterocycles. The van der Waals surface area contributed by atoms with Crippen molar-refractivity contribution in [2.75, 3.05) is 18.5 Å². The van der Waals surface area contributed by atoms with Gasteiger partial charge in [-0.15, -0.1) is 0 Å². The third kappa shape index (κ3) is 4.10. The van der Waals surface area contributed by atoms with Crippen LogP contribution in [0.25, 0.3) is 0 Å². The maximum Gasteiger partial charge on any atom is 0.244 e. The topological polar surface area (TPSA) is 72.5 Å². The maximum atomic E-state index is 12.3. The molecule has 1 saturated heterocycles. The summed E-state index contributed by atoms with van der Waals surface area (Å²) in [6.07, 6.45) is 1.42. The van der Waals surface area contributed by atoms with Crippen LogP contribution in [0.5, 0.6) is 11.6 Å². The van der Waals surface area contributed by atoms with Gasteiger partial charge in [-0.2, -0.15) is 0 Å². The number of benzene rings is 1. The SMILES string of the molecule is Cc1ccc(Oc2ccc(NC(=O)[C@H]3NCCO[C@@H]3C)cn2)cc1. The van der Waals surface area contributed by atoms with Gasteiger partial charge in [0.2, 0.25) is 11.8 Å². The highest BCUT2D eigenvalue weighted by Crippen LogP contribution is 2.21. The van der Waals surface area contributed by atoms with E-state index < -0.39 is 0 Å². The van der Waals surface area contributed by atoms with Crippen molar-refractivity contribution >= 4 is 11.6 Å². The van der Waals surface area contributed by atoms with Crippen molar-refractivity contribution in [3.63, 3.8) is 0 Å². The van der Waals surface area contributed by atoms with E-state index in [0.717, 1.165) is 5.75 Å². The number of nitrogens with one attached hydrogen (secondary N) is 2. The highest BCUT2D eigenvalue weighted by atomic mass is 16.5. The molecule has 2 aromatic rings. The van der Waals surface area contributed by atoms with Crippen LogP contribution in [-0.2, 0) is 9.53 Å². The van der Waals surface area contributed by atoms with Gasteiger partial charge in [0, 0.05) is 12.6 Å². The Morgan fingerprint density at radius 2 is 2.08 bits per heavy atom. The lowest BCUT2D eigenvalue weighted by Crippen LogP contribution is -2.53. The quantitative estimate of drug-likeness (QED) is 0.903. The van der Waals surface area contributed by atoms with Crippen LogP contribution in [-0.4, -0.2) is 36.2 Å². The molecule has 0 aliphatic carbocycles. The predicted molar refractivity (Wildman–Crippen MR) is 91.3 cm³/mol. The monoisotopic (exact) mass is 327 g/mol. The molecular formula is C18H21N3O3. The molecule has 0 bridgehead atoms. The maximum absolute atomic E-state index is 12.3. The fourth-order valence-corrected chi connectivity index (χ4v) is 2.49. The summed E-state index contributed by atoms with van der Waals surface area (Å²) < 4.78 is 11.2. The first-order valence-electron chi connectivity index (χ1n) is 7.98. The zero-order valence-corrected chi connectivity index (χ0v) is 13.8. The molecule has 6 heteroatoms. The summed E-state index contributed by atoms with van der Waals surface area (Å²) in [6.45, 7) is 5.20. The van der Waals surface area contributed by atoms with E-state index in [1.54, 1.807) is 18.3 Å². The van der Waals surface area contributed by atoms with Crippen LogP contribution in [0.15, 0.2) is 42.6 Å². The van der Waals surface area contributed by atoms with E-state index in [0.29, 0.717) is 24.7 Å². The Labute approximate surface area is 141 Å². The Morgan fingerprint density at radius 1 is 1.29 bits per heavy atom. The number of hydrogen-bond donors (Lipinski definition) is 2. The summed E-state index contributed by atoms with van der Waals surface area (Å²) in [5.74, 6) is 1.07. The molecule has 0 radical (unpaired) electrons. The number of hydrogen-bond acceptors (Lipinski definition) is 5. The minimum atomic E-state index is -0.359. The number of pyridine rings is 1. The normalized spacial score (nSPS) is 20.4. The van der Waals surface area contributed by atoms with Crippen molar-refractivity contribution in [1.82, 2.24) is 10.3 Å². The molecule has 1 aliphatic rings. The largest absolute Gasteiger partial charge is 0.439 e. The molecule has 2 N–H and O–H groups in total. The number of morpholine rings is 1. The smallest absolute Gasteiger partial charge is 0.244 e. The lowest BCUT2D eigenvalue weighted by molar-refractivity contribution is -0.123. The van der Waals surface area contributed by atoms with Gasteiger partial charge >= 0.3 is 0 Å². The van der Waals surface area contributed by atoms with Crippen molar-refractivity contribution < 1.29 is 14.3 Å². The van der Waals surface area contributed by atoms with Gasteiger partial charge in [-0.05, 0) is 32.0 Å². The van der Waals surface area contributed by atoms with Crippen LogP contribution in [0, 0.1) is 6.92 Å². The lowest BCUT2D eigenvalue weighted by Gasteiger charge is -2.29. The Hall–Kier alpha value is -2.44. The van der Waals surface area contributed by atoms with Gasteiger partial charge in [0.15, 0.2) is 0 Å². The van der Waals surface area contributed by atoms with Crippen LogP contribution >= 0.6 is 0 Å². The van der Waals surface area contributed by atoms with Gasteiger partial charge in [0.25, 0.3) is 0 Å². The fraction of sp³-hybridized carbons (Fsp3) is 0.333. The van der Waals surface area contributed by atoms with Gasteiger partial charge in [-0.3, -0.25) is 4.79 Å². The molecule has 0 unspecified atom stereocenters. The second kappa shape index (κ2) is 7.42. The molecular weight excluding hydrogens is 306 g/mol. The van der Waals surface area contributed by atoms with Crippen molar-refractivity contribution in [3.05, 3.63) is 48.2 Å². The van der Waals surface area contributed by atoms with E-state index in [4.69, 9.17) is 9.47 Å². The number of amides is 1. The average Bonchev–Trinajstić information content (AvgIpc) is 2.59. The number of aryl methyl sites for hydroxylation is 1. The van der Waals surface area contributed by atoms with Crippen molar-refractivity contribution in [3.8, 4) is 11.6 Å². The molecule has 1 fully saturated rings. The molecule has 0 spiro atoms. The van der Waals surface area contributed by atoms with Gasteiger partial charge < -0.3 is 20.1 Å². The van der Waals surface area contributed by atoms with E-state index in [2.05, 4.69) is 15.6 Å². The zero-order chi connectivity index (χ0) is 16.9. The highest BCUT2D eigenvalue weighted by Gasteiger charge is 2.28. The minimum absolute atomic E-state index is 0.129. The number of carbonyl (C=O) groups excluding carboxylic acids is 1. The number of ether oxygens (including phenoxy) is 2. The van der Waals surface area contributed by atoms with Gasteiger partial charge in [0.05, 0.1) is 24.6 Å². The van der Waals surface area contributed by atoms with Crippen molar-refractivity contribution in [2.45, 2.75) is 26.0 Å². The van der Waals surface area contributed by atoms with E-state index in [1.165, 1.54) is 5.56 Å². The summed E-state index contributed by atoms with van der Waals surface area (Å²) in [5.41, 5.74) is 1.79. The Bertz CT molecular complexity index is 686. The minimum Gasteiger partial charge on any atom is -0.439 e. The molecule has 3 rings (SSSR count). The number of anilines is 1. The molecule has 1 aromatic carbocycles. The number of aromatic nitrogens is 1. The van der Waals surface area contributed by atoms with E-state index in [1.807, 2.05) is 38.1 Å². The molecule has 2 heterocycles. The summed E-state index contributed by atoms with van der Waals surface area (Å²) in [5, 5.41) is 6.00. The molecule has 24 heavy (non-hydrogen) atoms. The Morgan fingerprint density at radius 3 is 2.75 bits per heavy atom. The molecule has 2 atom stereocenters. The average molecular weight is 327 g/mol. The molecule has 6 nitrogen and oxygen atoms in total. The molecule has 1 amide bonds. The first kappa shape index (κ1) is 16.4. The second-order valence-electron chi connectivity index (χ2n) is 5.80. The van der Waals surface area contributed by atoms with E-state index >= 15 is 0 Å². The standard InChI is InChI=1S/C18H21N3O3/c1-12-3-6-15(7-4-12)24-16-8-5-14(11-20-16)21-18(22)17-13(2)23-10-9-19-17/h3-8,11,13,17,19H,9-10H2,1-2H3,(H,21,22)/t13-,17+/m1/s1. The zero-order valence-electron chi connectivity index (χ0n) is 13.8. The summed E-state index contributed by atoms with van der Waals surface area (Å²) in [4.78, 5) is 16.5. The molecule has 126 valence electrons. The Balaban J connectivity index is 1.59. The first-order valence-corrected chi connectivity index (χ1v) is 7.98. The fourth-order valence-electron chi connectivity index (χ4n) is 2.49. The Kier molecular flexibility index (Phi) is 5.08. The molecule has 1 aromatic heterocycles. The van der Waals surface area contributed by atoms with Crippen molar-refractivity contribution in [1.29, 1.82) is 0 Å². The van der Waals surface area contributed by atoms with Crippen LogP contribution in [0.2, 0.25) is 0 Å². The van der Waals surface area contributed by atoms with E-state index in [9.17, 15) is 4.79 Å².